The number of benzene rings is 1. The molecule has 0 spiro atoms. The predicted octanol–water partition coefficient (Wildman–Crippen LogP) is 4.31. The van der Waals surface area contributed by atoms with E-state index < -0.39 is 0 Å². The van der Waals surface area contributed by atoms with Gasteiger partial charge >= 0.3 is 0 Å². The lowest BCUT2D eigenvalue weighted by Crippen LogP contribution is -2.23. The molecule has 6 heteroatoms. The average molecular weight is 410 g/mol. The van der Waals surface area contributed by atoms with E-state index in [1.54, 1.807) is 6.07 Å². The summed E-state index contributed by atoms with van der Waals surface area (Å²) in [5.41, 5.74) is 4.00. The van der Waals surface area contributed by atoms with Gasteiger partial charge in [0.15, 0.2) is 0 Å². The fraction of sp³-hybridized carbons (Fsp3) is 0.474. The van der Waals surface area contributed by atoms with Crippen molar-refractivity contribution in [1.29, 1.82) is 0 Å². The fourth-order valence-corrected chi connectivity index (χ4v) is 3.37. The van der Waals surface area contributed by atoms with Crippen LogP contribution in [0.3, 0.4) is 0 Å². The molecule has 0 aliphatic carbocycles. The third kappa shape index (κ3) is 5.66. The molecule has 4 nitrogen and oxygen atoms in total. The van der Waals surface area contributed by atoms with Gasteiger partial charge in [-0.3, -0.25) is 9.48 Å². The summed E-state index contributed by atoms with van der Waals surface area (Å²) in [4.78, 5) is 12.1. The van der Waals surface area contributed by atoms with E-state index in [2.05, 4.69) is 47.1 Å². The van der Waals surface area contributed by atoms with Gasteiger partial charge in [0, 0.05) is 29.7 Å². The second-order valence-corrected chi connectivity index (χ2v) is 7.70. The van der Waals surface area contributed by atoms with Gasteiger partial charge in [0.1, 0.15) is 5.82 Å². The van der Waals surface area contributed by atoms with Crippen LogP contribution in [0.5, 0.6) is 0 Å². The lowest BCUT2D eigenvalue weighted by Gasteiger charge is -2.08. The molecular weight excluding hydrogens is 385 g/mol. The Labute approximate surface area is 156 Å². The van der Waals surface area contributed by atoms with Crippen molar-refractivity contribution < 1.29 is 9.18 Å². The van der Waals surface area contributed by atoms with E-state index in [0.29, 0.717) is 29.8 Å². The highest BCUT2D eigenvalue weighted by atomic mass is 79.9. The Balaban J connectivity index is 1.90. The Hall–Kier alpha value is -1.69. The number of nitrogens with one attached hydrogen (secondary N) is 1. The summed E-state index contributed by atoms with van der Waals surface area (Å²) in [6.45, 7) is 9.57. The molecule has 1 aromatic carbocycles. The average Bonchev–Trinajstić information content (AvgIpc) is 2.75. The van der Waals surface area contributed by atoms with E-state index in [0.717, 1.165) is 29.1 Å². The Morgan fingerprint density at radius 3 is 2.68 bits per heavy atom. The lowest BCUT2D eigenvalue weighted by molar-refractivity contribution is -0.121. The number of halogens is 2. The molecule has 0 saturated heterocycles. The van der Waals surface area contributed by atoms with Gasteiger partial charge in [-0.25, -0.2) is 4.39 Å². The SMILES string of the molecule is Cc1nn(CC(C)C)c(C)c1CCC(=O)NCc1cc(F)cc(Br)c1. The number of hydrogen-bond acceptors (Lipinski definition) is 2. The highest BCUT2D eigenvalue weighted by Crippen LogP contribution is 2.17. The molecule has 1 aromatic heterocycles. The van der Waals surface area contributed by atoms with Crippen molar-refractivity contribution in [3.05, 3.63) is 51.0 Å². The first-order valence-corrected chi connectivity index (χ1v) is 9.30. The van der Waals surface area contributed by atoms with Crippen LogP contribution in [-0.4, -0.2) is 15.7 Å². The second kappa shape index (κ2) is 8.61. The molecule has 2 rings (SSSR count). The first kappa shape index (κ1) is 19.6. The van der Waals surface area contributed by atoms with Gasteiger partial charge in [0.05, 0.1) is 5.69 Å². The van der Waals surface area contributed by atoms with Crippen LogP contribution in [0.2, 0.25) is 0 Å². The number of carbonyl (C=O) groups is 1. The molecule has 0 fully saturated rings. The molecule has 0 radical (unpaired) electrons. The molecule has 0 aliphatic rings. The Bertz CT molecular complexity index is 735. The molecule has 0 atom stereocenters. The molecule has 1 N–H and O–H groups in total. The Kier molecular flexibility index (Phi) is 6.76. The summed E-state index contributed by atoms with van der Waals surface area (Å²) in [6.07, 6.45) is 1.06. The van der Waals surface area contributed by atoms with Crippen molar-refractivity contribution in [3.63, 3.8) is 0 Å². The molecule has 1 amide bonds. The van der Waals surface area contributed by atoms with Crippen molar-refractivity contribution in [2.75, 3.05) is 0 Å². The number of aromatic nitrogens is 2. The molecule has 0 saturated carbocycles. The van der Waals surface area contributed by atoms with Crippen molar-refractivity contribution in [3.8, 4) is 0 Å². The van der Waals surface area contributed by atoms with Gasteiger partial charge in [0.25, 0.3) is 0 Å². The van der Waals surface area contributed by atoms with Crippen LogP contribution in [0.25, 0.3) is 0 Å². The zero-order chi connectivity index (χ0) is 18.6. The highest BCUT2D eigenvalue weighted by molar-refractivity contribution is 9.10. The summed E-state index contributed by atoms with van der Waals surface area (Å²) in [7, 11) is 0. The van der Waals surface area contributed by atoms with E-state index >= 15 is 0 Å². The van der Waals surface area contributed by atoms with Gasteiger partial charge in [-0.05, 0) is 55.5 Å². The number of amides is 1. The Morgan fingerprint density at radius 1 is 1.32 bits per heavy atom. The highest BCUT2D eigenvalue weighted by Gasteiger charge is 2.13. The maximum absolute atomic E-state index is 13.4. The van der Waals surface area contributed by atoms with E-state index in [4.69, 9.17) is 0 Å². The van der Waals surface area contributed by atoms with Crippen LogP contribution < -0.4 is 5.32 Å². The first-order valence-electron chi connectivity index (χ1n) is 8.50. The number of carbonyl (C=O) groups excluding carboxylic acids is 1. The summed E-state index contributed by atoms with van der Waals surface area (Å²) in [5.74, 6) is 0.165. The largest absolute Gasteiger partial charge is 0.352 e. The van der Waals surface area contributed by atoms with Crippen LogP contribution in [0.15, 0.2) is 22.7 Å². The number of hydrogen-bond donors (Lipinski definition) is 1. The predicted molar refractivity (Wildman–Crippen MR) is 101 cm³/mol. The topological polar surface area (TPSA) is 46.9 Å². The van der Waals surface area contributed by atoms with E-state index in [9.17, 15) is 9.18 Å². The zero-order valence-electron chi connectivity index (χ0n) is 15.2. The Morgan fingerprint density at radius 2 is 2.04 bits per heavy atom. The van der Waals surface area contributed by atoms with Crippen LogP contribution in [0, 0.1) is 25.6 Å². The monoisotopic (exact) mass is 409 g/mol. The third-order valence-corrected chi connectivity index (χ3v) is 4.54. The molecule has 136 valence electrons. The molecule has 0 unspecified atom stereocenters. The molecule has 25 heavy (non-hydrogen) atoms. The number of nitrogens with zero attached hydrogens (tertiary/aromatic N) is 2. The van der Waals surface area contributed by atoms with Crippen molar-refractivity contribution in [2.24, 2.45) is 5.92 Å². The van der Waals surface area contributed by atoms with Gasteiger partial charge < -0.3 is 5.32 Å². The molecular formula is C19H25BrFN3O. The minimum atomic E-state index is -0.317. The van der Waals surface area contributed by atoms with E-state index in [-0.39, 0.29) is 11.7 Å². The molecule has 0 aliphatic heterocycles. The summed E-state index contributed by atoms with van der Waals surface area (Å²) in [6, 6.07) is 4.62. The van der Waals surface area contributed by atoms with Crippen LogP contribution in [0.4, 0.5) is 4.39 Å². The number of rotatable bonds is 7. The summed E-state index contributed by atoms with van der Waals surface area (Å²) in [5, 5.41) is 7.43. The maximum atomic E-state index is 13.4. The lowest BCUT2D eigenvalue weighted by atomic mass is 10.1. The fourth-order valence-electron chi connectivity index (χ4n) is 2.86. The van der Waals surface area contributed by atoms with Crippen molar-refractivity contribution >= 4 is 21.8 Å². The van der Waals surface area contributed by atoms with Gasteiger partial charge in [-0.1, -0.05) is 29.8 Å². The third-order valence-electron chi connectivity index (χ3n) is 4.08. The van der Waals surface area contributed by atoms with Crippen molar-refractivity contribution in [1.82, 2.24) is 15.1 Å². The summed E-state index contributed by atoms with van der Waals surface area (Å²) >= 11 is 3.25. The molecule has 2 aromatic rings. The normalized spacial score (nSPS) is 11.2. The van der Waals surface area contributed by atoms with Crippen LogP contribution in [-0.2, 0) is 24.3 Å². The summed E-state index contributed by atoms with van der Waals surface area (Å²) < 4.78 is 16.0. The minimum Gasteiger partial charge on any atom is -0.352 e. The van der Waals surface area contributed by atoms with Gasteiger partial charge in [-0.15, -0.1) is 0 Å². The minimum absolute atomic E-state index is 0.0456. The van der Waals surface area contributed by atoms with Crippen molar-refractivity contribution in [2.45, 2.75) is 53.6 Å². The standard InChI is InChI=1S/C19H25BrFN3O/c1-12(2)11-24-14(4)18(13(3)23-24)5-6-19(25)22-10-15-7-16(20)9-17(21)8-15/h7-9,12H,5-6,10-11H2,1-4H3,(H,22,25). The van der Waals surface area contributed by atoms with Gasteiger partial charge in [-0.2, -0.15) is 5.10 Å². The smallest absolute Gasteiger partial charge is 0.220 e. The molecule has 0 bridgehead atoms. The molecule has 1 heterocycles. The first-order chi connectivity index (χ1) is 11.8. The van der Waals surface area contributed by atoms with Gasteiger partial charge in [0.2, 0.25) is 5.91 Å². The second-order valence-electron chi connectivity index (χ2n) is 6.78. The van der Waals surface area contributed by atoms with Crippen LogP contribution >= 0.6 is 15.9 Å². The number of aryl methyl sites for hydroxylation is 1. The van der Waals surface area contributed by atoms with E-state index in [1.807, 2.05) is 11.6 Å². The quantitative estimate of drug-likeness (QED) is 0.740. The van der Waals surface area contributed by atoms with Crippen LogP contribution in [0.1, 0.15) is 42.8 Å². The van der Waals surface area contributed by atoms with E-state index in [1.165, 1.54) is 12.1 Å². The zero-order valence-corrected chi connectivity index (χ0v) is 16.8. The maximum Gasteiger partial charge on any atom is 0.220 e.